The van der Waals surface area contributed by atoms with Gasteiger partial charge in [-0.25, -0.2) is 0 Å². The first-order chi connectivity index (χ1) is 9.13. The summed E-state index contributed by atoms with van der Waals surface area (Å²) in [7, 11) is 0. The zero-order chi connectivity index (χ0) is 14.1. The second-order valence-corrected chi connectivity index (χ2v) is 4.60. The van der Waals surface area contributed by atoms with Crippen molar-refractivity contribution in [2.45, 2.75) is 45.6 Å². The van der Waals surface area contributed by atoms with Gasteiger partial charge in [-0.15, -0.1) is 0 Å². The molecule has 0 aliphatic rings. The summed E-state index contributed by atoms with van der Waals surface area (Å²) in [6.07, 6.45) is 3.47. The van der Waals surface area contributed by atoms with Crippen molar-refractivity contribution in [1.82, 2.24) is 5.32 Å². The molecular formula is C15H22N2O2. The van der Waals surface area contributed by atoms with Crippen molar-refractivity contribution in [1.29, 1.82) is 0 Å². The van der Waals surface area contributed by atoms with Gasteiger partial charge >= 0.3 is 0 Å². The van der Waals surface area contributed by atoms with Crippen LogP contribution in [-0.4, -0.2) is 17.9 Å². The Balaban J connectivity index is 2.34. The van der Waals surface area contributed by atoms with Gasteiger partial charge in [0.25, 0.3) is 0 Å². The predicted molar refractivity (Wildman–Crippen MR) is 76.8 cm³/mol. The fourth-order valence-corrected chi connectivity index (χ4v) is 1.69. The largest absolute Gasteiger partial charge is 0.345 e. The first-order valence-electron chi connectivity index (χ1n) is 6.78. The summed E-state index contributed by atoms with van der Waals surface area (Å²) in [6.45, 7) is 3.78. The average Bonchev–Trinajstić information content (AvgIpc) is 2.40. The number of unbranched alkanes of at least 4 members (excludes halogenated alkanes) is 2. The van der Waals surface area contributed by atoms with Gasteiger partial charge < -0.3 is 10.6 Å². The molecule has 0 unspecified atom stereocenters. The SMILES string of the molecule is CCCCCC(=O)N[C@@H](C)C(=O)Nc1ccccc1. The number of carbonyl (C=O) groups excluding carboxylic acids is 2. The Labute approximate surface area is 114 Å². The number of benzene rings is 1. The number of nitrogens with one attached hydrogen (secondary N) is 2. The lowest BCUT2D eigenvalue weighted by atomic mass is 10.2. The van der Waals surface area contributed by atoms with Gasteiger partial charge in [0.2, 0.25) is 11.8 Å². The Morgan fingerprint density at radius 3 is 2.47 bits per heavy atom. The van der Waals surface area contributed by atoms with Gasteiger partial charge in [0.15, 0.2) is 0 Å². The lowest BCUT2D eigenvalue weighted by Gasteiger charge is -2.14. The van der Waals surface area contributed by atoms with Crippen LogP contribution in [0, 0.1) is 0 Å². The molecule has 0 aliphatic heterocycles. The number of hydrogen-bond donors (Lipinski definition) is 2. The van der Waals surface area contributed by atoms with E-state index < -0.39 is 6.04 Å². The van der Waals surface area contributed by atoms with Crippen LogP contribution in [0.4, 0.5) is 5.69 Å². The molecule has 0 aliphatic carbocycles. The minimum atomic E-state index is -0.519. The number of para-hydroxylation sites is 1. The van der Waals surface area contributed by atoms with E-state index in [4.69, 9.17) is 0 Å². The molecule has 0 saturated heterocycles. The van der Waals surface area contributed by atoms with Crippen molar-refractivity contribution >= 4 is 17.5 Å². The maximum atomic E-state index is 11.9. The zero-order valence-electron chi connectivity index (χ0n) is 11.6. The van der Waals surface area contributed by atoms with Crippen molar-refractivity contribution in [3.8, 4) is 0 Å². The molecule has 0 aromatic heterocycles. The van der Waals surface area contributed by atoms with Crippen LogP contribution in [-0.2, 0) is 9.59 Å². The van der Waals surface area contributed by atoms with Crippen LogP contribution >= 0.6 is 0 Å². The normalized spacial score (nSPS) is 11.7. The topological polar surface area (TPSA) is 58.2 Å². The second kappa shape index (κ2) is 8.29. The first kappa shape index (κ1) is 15.2. The molecule has 0 saturated carbocycles. The molecule has 0 heterocycles. The number of anilines is 1. The molecule has 1 rings (SSSR count). The molecule has 0 bridgehead atoms. The third kappa shape index (κ3) is 6.04. The van der Waals surface area contributed by atoms with Gasteiger partial charge in [-0.2, -0.15) is 0 Å². The Morgan fingerprint density at radius 1 is 1.16 bits per heavy atom. The summed E-state index contributed by atoms with van der Waals surface area (Å²) in [5.74, 6) is -0.265. The third-order valence-corrected chi connectivity index (χ3v) is 2.82. The highest BCUT2D eigenvalue weighted by molar-refractivity contribution is 5.96. The maximum Gasteiger partial charge on any atom is 0.246 e. The summed E-state index contributed by atoms with van der Waals surface area (Å²) in [5.41, 5.74) is 0.736. The zero-order valence-corrected chi connectivity index (χ0v) is 11.6. The highest BCUT2D eigenvalue weighted by atomic mass is 16.2. The Hall–Kier alpha value is -1.84. The van der Waals surface area contributed by atoms with Gasteiger partial charge in [0.1, 0.15) is 6.04 Å². The number of amides is 2. The van der Waals surface area contributed by atoms with E-state index >= 15 is 0 Å². The number of hydrogen-bond acceptors (Lipinski definition) is 2. The van der Waals surface area contributed by atoms with Crippen molar-refractivity contribution in [2.24, 2.45) is 0 Å². The van der Waals surface area contributed by atoms with E-state index in [1.54, 1.807) is 6.92 Å². The van der Waals surface area contributed by atoms with Crippen LogP contribution in [0.1, 0.15) is 39.5 Å². The minimum absolute atomic E-state index is 0.0656. The molecule has 0 radical (unpaired) electrons. The summed E-state index contributed by atoms with van der Waals surface area (Å²) in [6, 6.07) is 8.69. The van der Waals surface area contributed by atoms with Gasteiger partial charge in [0, 0.05) is 12.1 Å². The summed E-state index contributed by atoms with van der Waals surface area (Å²) in [4.78, 5) is 23.4. The van der Waals surface area contributed by atoms with Crippen LogP contribution in [0.5, 0.6) is 0 Å². The third-order valence-electron chi connectivity index (χ3n) is 2.82. The number of rotatable bonds is 7. The minimum Gasteiger partial charge on any atom is -0.345 e. The van der Waals surface area contributed by atoms with E-state index in [1.165, 1.54) is 0 Å². The lowest BCUT2D eigenvalue weighted by molar-refractivity contribution is -0.126. The quantitative estimate of drug-likeness (QED) is 0.742. The monoisotopic (exact) mass is 262 g/mol. The molecule has 4 nitrogen and oxygen atoms in total. The Morgan fingerprint density at radius 2 is 1.84 bits per heavy atom. The fourth-order valence-electron chi connectivity index (χ4n) is 1.69. The lowest BCUT2D eigenvalue weighted by Crippen LogP contribution is -2.41. The van der Waals surface area contributed by atoms with Crippen LogP contribution in [0.3, 0.4) is 0 Å². The average molecular weight is 262 g/mol. The van der Waals surface area contributed by atoms with Gasteiger partial charge in [-0.05, 0) is 25.5 Å². The second-order valence-electron chi connectivity index (χ2n) is 4.60. The van der Waals surface area contributed by atoms with E-state index in [1.807, 2.05) is 30.3 Å². The van der Waals surface area contributed by atoms with Crippen molar-refractivity contribution < 1.29 is 9.59 Å². The highest BCUT2D eigenvalue weighted by Gasteiger charge is 2.15. The van der Waals surface area contributed by atoms with Crippen molar-refractivity contribution in [3.63, 3.8) is 0 Å². The fraction of sp³-hybridized carbons (Fsp3) is 0.467. The molecule has 19 heavy (non-hydrogen) atoms. The molecule has 104 valence electrons. The van der Waals surface area contributed by atoms with E-state index in [-0.39, 0.29) is 11.8 Å². The van der Waals surface area contributed by atoms with Crippen LogP contribution in [0.25, 0.3) is 0 Å². The van der Waals surface area contributed by atoms with Crippen LogP contribution in [0.2, 0.25) is 0 Å². The standard InChI is InChI=1S/C15H22N2O2/c1-3-4-6-11-14(18)16-12(2)15(19)17-13-9-7-5-8-10-13/h5,7-10,12H,3-4,6,11H2,1-2H3,(H,16,18)(H,17,19)/t12-/m0/s1. The molecule has 2 N–H and O–H groups in total. The number of carbonyl (C=O) groups is 2. The maximum absolute atomic E-state index is 11.9. The van der Waals surface area contributed by atoms with Crippen LogP contribution < -0.4 is 10.6 Å². The summed E-state index contributed by atoms with van der Waals surface area (Å²) >= 11 is 0. The van der Waals surface area contributed by atoms with E-state index in [0.717, 1.165) is 24.9 Å². The molecule has 1 aromatic carbocycles. The molecule has 2 amide bonds. The molecule has 4 heteroatoms. The molecular weight excluding hydrogens is 240 g/mol. The van der Waals surface area contributed by atoms with Crippen LogP contribution in [0.15, 0.2) is 30.3 Å². The Bertz CT molecular complexity index is 404. The van der Waals surface area contributed by atoms with Gasteiger partial charge in [0.05, 0.1) is 0 Å². The summed E-state index contributed by atoms with van der Waals surface area (Å²) in [5, 5.41) is 5.47. The Kier molecular flexibility index (Phi) is 6.64. The van der Waals surface area contributed by atoms with E-state index in [9.17, 15) is 9.59 Å². The molecule has 1 aromatic rings. The molecule has 0 spiro atoms. The molecule has 1 atom stereocenters. The summed E-state index contributed by atoms with van der Waals surface area (Å²) < 4.78 is 0. The molecule has 0 fully saturated rings. The first-order valence-corrected chi connectivity index (χ1v) is 6.78. The van der Waals surface area contributed by atoms with E-state index in [2.05, 4.69) is 17.6 Å². The van der Waals surface area contributed by atoms with Crippen molar-refractivity contribution in [2.75, 3.05) is 5.32 Å². The highest BCUT2D eigenvalue weighted by Crippen LogP contribution is 2.05. The smallest absolute Gasteiger partial charge is 0.246 e. The predicted octanol–water partition coefficient (Wildman–Crippen LogP) is 2.71. The van der Waals surface area contributed by atoms with E-state index in [0.29, 0.717) is 6.42 Å². The van der Waals surface area contributed by atoms with Gasteiger partial charge in [-0.3, -0.25) is 9.59 Å². The van der Waals surface area contributed by atoms with Crippen molar-refractivity contribution in [3.05, 3.63) is 30.3 Å². The van der Waals surface area contributed by atoms with Gasteiger partial charge in [-0.1, -0.05) is 38.0 Å².